The summed E-state index contributed by atoms with van der Waals surface area (Å²) in [5, 5.41) is 1.82. The molecule has 0 aliphatic carbocycles. The van der Waals surface area contributed by atoms with Crippen LogP contribution >= 0.6 is 0 Å². The zero-order chi connectivity index (χ0) is 18.3. The lowest BCUT2D eigenvalue weighted by Crippen LogP contribution is -2.29. The number of carbonyl (C=O) groups is 1. The lowest BCUT2D eigenvalue weighted by molar-refractivity contribution is -0.167. The highest BCUT2D eigenvalue weighted by molar-refractivity contribution is 5.95. The lowest BCUT2D eigenvalue weighted by atomic mass is 10.2. The molecule has 0 radical (unpaired) electrons. The SMILES string of the molecule is O=C(Nc1cccc(-c2nc3cc4c(cc3[nH]2)OCCO4)c1)C(F)(F)F. The van der Waals surface area contributed by atoms with E-state index in [1.54, 1.807) is 18.2 Å². The molecule has 0 unspecified atom stereocenters. The summed E-state index contributed by atoms with van der Waals surface area (Å²) >= 11 is 0. The van der Waals surface area contributed by atoms with Crippen molar-refractivity contribution in [3.63, 3.8) is 0 Å². The molecule has 2 N–H and O–H groups in total. The molecule has 2 aromatic carbocycles. The number of rotatable bonds is 2. The average Bonchev–Trinajstić information content (AvgIpc) is 3.02. The van der Waals surface area contributed by atoms with Crippen LogP contribution in [0.15, 0.2) is 36.4 Å². The fourth-order valence-corrected chi connectivity index (χ4v) is 2.63. The van der Waals surface area contributed by atoms with E-state index in [0.717, 1.165) is 0 Å². The van der Waals surface area contributed by atoms with Gasteiger partial charge in [0.05, 0.1) is 11.0 Å². The number of nitrogens with zero attached hydrogens (tertiary/aromatic N) is 1. The molecule has 9 heteroatoms. The van der Waals surface area contributed by atoms with Crippen molar-refractivity contribution in [1.29, 1.82) is 0 Å². The van der Waals surface area contributed by atoms with Gasteiger partial charge in [-0.15, -0.1) is 0 Å². The predicted molar refractivity (Wildman–Crippen MR) is 87.2 cm³/mol. The van der Waals surface area contributed by atoms with Crippen molar-refractivity contribution in [2.45, 2.75) is 6.18 Å². The van der Waals surface area contributed by atoms with Crippen molar-refractivity contribution in [1.82, 2.24) is 9.97 Å². The van der Waals surface area contributed by atoms with Gasteiger partial charge in [0.2, 0.25) is 0 Å². The average molecular weight is 363 g/mol. The van der Waals surface area contributed by atoms with Gasteiger partial charge < -0.3 is 19.8 Å². The summed E-state index contributed by atoms with van der Waals surface area (Å²) in [5.74, 6) is -0.384. The fourth-order valence-electron chi connectivity index (χ4n) is 2.63. The van der Waals surface area contributed by atoms with E-state index >= 15 is 0 Å². The van der Waals surface area contributed by atoms with Gasteiger partial charge in [0.15, 0.2) is 11.5 Å². The standard InChI is InChI=1S/C17H12F3N3O3/c18-17(19,20)16(24)21-10-3-1-2-9(6-10)15-22-11-7-13-14(8-12(11)23-15)26-5-4-25-13/h1-3,6-8H,4-5H2,(H,21,24)(H,22,23). The summed E-state index contributed by atoms with van der Waals surface area (Å²) < 4.78 is 48.2. The molecule has 2 heterocycles. The second-order valence-corrected chi connectivity index (χ2v) is 5.63. The first kappa shape index (κ1) is 16.2. The number of alkyl halides is 3. The Hall–Kier alpha value is -3.23. The molecule has 0 saturated carbocycles. The molecule has 1 aliphatic heterocycles. The third kappa shape index (κ3) is 3.03. The first-order valence-corrected chi connectivity index (χ1v) is 7.68. The first-order chi connectivity index (χ1) is 12.4. The van der Waals surface area contributed by atoms with Gasteiger partial charge in [-0.1, -0.05) is 12.1 Å². The van der Waals surface area contributed by atoms with E-state index in [0.29, 0.717) is 47.1 Å². The number of fused-ring (bicyclic) bond motifs is 2. The Balaban J connectivity index is 1.67. The van der Waals surface area contributed by atoms with Gasteiger partial charge in [-0.25, -0.2) is 4.98 Å². The third-order valence-electron chi connectivity index (χ3n) is 3.80. The van der Waals surface area contributed by atoms with Crippen LogP contribution in [0.4, 0.5) is 18.9 Å². The summed E-state index contributed by atoms with van der Waals surface area (Å²) in [7, 11) is 0. The maximum absolute atomic E-state index is 12.4. The van der Waals surface area contributed by atoms with Crippen molar-refractivity contribution >= 4 is 22.6 Å². The molecule has 0 atom stereocenters. The van der Waals surface area contributed by atoms with Crippen LogP contribution < -0.4 is 14.8 Å². The van der Waals surface area contributed by atoms with Crippen LogP contribution in [0, 0.1) is 0 Å². The number of imidazole rings is 1. The molecule has 0 saturated heterocycles. The van der Waals surface area contributed by atoms with Crippen LogP contribution in [0.1, 0.15) is 0 Å². The van der Waals surface area contributed by atoms with Crippen LogP contribution in [0.5, 0.6) is 11.5 Å². The Kier molecular flexibility index (Phi) is 3.71. The fraction of sp³-hybridized carbons (Fsp3) is 0.176. The molecule has 1 aromatic heterocycles. The number of aromatic nitrogens is 2. The van der Waals surface area contributed by atoms with Crippen molar-refractivity contribution in [3.8, 4) is 22.9 Å². The van der Waals surface area contributed by atoms with Gasteiger partial charge in [0, 0.05) is 23.4 Å². The Morgan fingerprint density at radius 2 is 1.85 bits per heavy atom. The maximum Gasteiger partial charge on any atom is 0.471 e. The minimum absolute atomic E-state index is 0.0243. The normalized spacial score (nSPS) is 13.7. The number of aromatic amines is 1. The third-order valence-corrected chi connectivity index (χ3v) is 3.80. The number of amides is 1. The van der Waals surface area contributed by atoms with Crippen LogP contribution in [0.3, 0.4) is 0 Å². The monoisotopic (exact) mass is 363 g/mol. The number of benzene rings is 2. The van der Waals surface area contributed by atoms with Gasteiger partial charge in [0.25, 0.3) is 0 Å². The molecular formula is C17H12F3N3O3. The minimum atomic E-state index is -4.95. The summed E-state index contributed by atoms with van der Waals surface area (Å²) in [6.07, 6.45) is -4.95. The molecule has 4 rings (SSSR count). The number of H-pyrrole nitrogens is 1. The highest BCUT2D eigenvalue weighted by Crippen LogP contribution is 2.35. The van der Waals surface area contributed by atoms with E-state index in [2.05, 4.69) is 9.97 Å². The molecule has 0 spiro atoms. The van der Waals surface area contributed by atoms with Gasteiger partial charge in [-0.3, -0.25) is 4.79 Å². The Bertz CT molecular complexity index is 955. The number of halogens is 3. The number of anilines is 1. The second-order valence-electron chi connectivity index (χ2n) is 5.63. The van der Waals surface area contributed by atoms with E-state index < -0.39 is 12.1 Å². The summed E-state index contributed by atoms with van der Waals surface area (Å²) in [6, 6.07) is 9.48. The van der Waals surface area contributed by atoms with Crippen molar-refractivity contribution in [2.75, 3.05) is 18.5 Å². The Labute approximate surface area is 144 Å². The molecule has 134 valence electrons. The number of hydrogen-bond acceptors (Lipinski definition) is 4. The number of hydrogen-bond donors (Lipinski definition) is 2. The highest BCUT2D eigenvalue weighted by atomic mass is 19.4. The van der Waals surface area contributed by atoms with Gasteiger partial charge >= 0.3 is 12.1 Å². The molecular weight excluding hydrogens is 351 g/mol. The second kappa shape index (κ2) is 5.94. The topological polar surface area (TPSA) is 76.2 Å². The Morgan fingerprint density at radius 3 is 2.58 bits per heavy atom. The molecule has 0 fully saturated rings. The van der Waals surface area contributed by atoms with E-state index in [1.165, 1.54) is 18.2 Å². The number of nitrogens with one attached hydrogen (secondary N) is 2. The predicted octanol–water partition coefficient (Wildman–Crippen LogP) is 3.50. The van der Waals surface area contributed by atoms with Crippen molar-refractivity contribution in [3.05, 3.63) is 36.4 Å². The van der Waals surface area contributed by atoms with E-state index in [9.17, 15) is 18.0 Å². The number of ether oxygens (including phenoxy) is 2. The molecule has 1 aliphatic rings. The van der Waals surface area contributed by atoms with Crippen LogP contribution in [-0.4, -0.2) is 35.3 Å². The first-order valence-electron chi connectivity index (χ1n) is 7.68. The lowest BCUT2D eigenvalue weighted by Gasteiger charge is -2.17. The van der Waals surface area contributed by atoms with Crippen LogP contribution in [-0.2, 0) is 4.79 Å². The summed E-state index contributed by atoms with van der Waals surface area (Å²) in [4.78, 5) is 18.6. The van der Waals surface area contributed by atoms with Gasteiger partial charge in [0.1, 0.15) is 19.0 Å². The zero-order valence-corrected chi connectivity index (χ0v) is 13.2. The minimum Gasteiger partial charge on any atom is -0.486 e. The quantitative estimate of drug-likeness (QED) is 0.731. The smallest absolute Gasteiger partial charge is 0.471 e. The molecule has 3 aromatic rings. The van der Waals surface area contributed by atoms with Crippen LogP contribution in [0.2, 0.25) is 0 Å². The Morgan fingerprint density at radius 1 is 1.12 bits per heavy atom. The van der Waals surface area contributed by atoms with Crippen LogP contribution in [0.25, 0.3) is 22.4 Å². The zero-order valence-electron chi connectivity index (χ0n) is 13.2. The summed E-state index contributed by atoms with van der Waals surface area (Å²) in [6.45, 7) is 0.914. The van der Waals surface area contributed by atoms with E-state index in [4.69, 9.17) is 9.47 Å². The van der Waals surface area contributed by atoms with Crippen molar-refractivity contribution < 1.29 is 27.4 Å². The largest absolute Gasteiger partial charge is 0.486 e. The number of carbonyl (C=O) groups excluding carboxylic acids is 1. The summed E-state index contributed by atoms with van der Waals surface area (Å²) in [5.41, 5.74) is 1.89. The maximum atomic E-state index is 12.4. The molecule has 26 heavy (non-hydrogen) atoms. The van der Waals surface area contributed by atoms with Gasteiger partial charge in [-0.2, -0.15) is 13.2 Å². The molecule has 6 nitrogen and oxygen atoms in total. The highest BCUT2D eigenvalue weighted by Gasteiger charge is 2.38. The van der Waals surface area contributed by atoms with Gasteiger partial charge in [-0.05, 0) is 12.1 Å². The van der Waals surface area contributed by atoms with E-state index in [1.807, 2.05) is 5.32 Å². The molecule has 0 bridgehead atoms. The van der Waals surface area contributed by atoms with E-state index in [-0.39, 0.29) is 5.69 Å². The van der Waals surface area contributed by atoms with Crippen molar-refractivity contribution in [2.24, 2.45) is 0 Å². The molecule has 1 amide bonds.